The molecular weight excluding hydrogens is 376 g/mol. The van der Waals surface area contributed by atoms with Crippen molar-refractivity contribution in [1.82, 2.24) is 10.6 Å². The van der Waals surface area contributed by atoms with Gasteiger partial charge in [-0.05, 0) is 62.1 Å². The lowest BCUT2D eigenvalue weighted by Crippen LogP contribution is -2.43. The van der Waals surface area contributed by atoms with Crippen LogP contribution in [0.1, 0.15) is 63.9 Å². The van der Waals surface area contributed by atoms with Crippen molar-refractivity contribution in [2.75, 3.05) is 32.1 Å². The number of rotatable bonds is 10. The molecule has 2 saturated carbocycles. The molecule has 0 atom stereocenters. The minimum Gasteiger partial charge on any atom is -0.382 e. The number of anilines is 1. The largest absolute Gasteiger partial charge is 0.382 e. The highest BCUT2D eigenvalue weighted by Gasteiger charge is 2.33. The van der Waals surface area contributed by atoms with E-state index in [0.29, 0.717) is 12.0 Å². The summed E-state index contributed by atoms with van der Waals surface area (Å²) in [4.78, 5) is 16.6. The van der Waals surface area contributed by atoms with Crippen LogP contribution in [0.4, 0.5) is 5.69 Å². The molecule has 0 heterocycles. The number of nitrogens with one attached hydrogen (secondary N) is 3. The maximum absolute atomic E-state index is 12.2. The van der Waals surface area contributed by atoms with Gasteiger partial charge in [0.2, 0.25) is 5.91 Å². The number of guanidine groups is 1. The van der Waals surface area contributed by atoms with Crippen molar-refractivity contribution in [2.24, 2.45) is 16.3 Å². The molecule has 0 radical (unpaired) electrons. The Kier molecular flexibility index (Phi) is 8.55. The number of benzene rings is 1. The summed E-state index contributed by atoms with van der Waals surface area (Å²) in [5.74, 6) is 1.17. The van der Waals surface area contributed by atoms with E-state index in [0.717, 1.165) is 56.2 Å². The first kappa shape index (κ1) is 22.6. The third-order valence-electron chi connectivity index (χ3n) is 6.63. The van der Waals surface area contributed by atoms with E-state index < -0.39 is 0 Å². The molecule has 1 aromatic rings. The molecule has 0 spiro atoms. The second-order valence-corrected chi connectivity index (χ2v) is 8.75. The minimum atomic E-state index is 0.151. The van der Waals surface area contributed by atoms with E-state index in [4.69, 9.17) is 4.74 Å². The molecule has 6 nitrogen and oxygen atoms in total. The maximum Gasteiger partial charge on any atom is 0.227 e. The number of hydrogen-bond acceptors (Lipinski definition) is 3. The molecule has 0 aromatic heterocycles. The highest BCUT2D eigenvalue weighted by Crippen LogP contribution is 2.40. The third kappa shape index (κ3) is 6.46. The Bertz CT molecular complexity index is 709. The van der Waals surface area contributed by atoms with Crippen LogP contribution in [0, 0.1) is 11.3 Å². The fraction of sp³-hybridized carbons (Fsp3) is 0.667. The smallest absolute Gasteiger partial charge is 0.227 e. The predicted octanol–water partition coefficient (Wildman–Crippen LogP) is 4.08. The van der Waals surface area contributed by atoms with E-state index in [1.54, 1.807) is 0 Å². The second-order valence-electron chi connectivity index (χ2n) is 8.75. The van der Waals surface area contributed by atoms with E-state index in [2.05, 4.69) is 33.9 Å². The Labute approximate surface area is 181 Å². The average Bonchev–Trinajstić information content (AvgIpc) is 3.16. The molecular formula is C24H38N4O2. The van der Waals surface area contributed by atoms with Gasteiger partial charge in [0.25, 0.3) is 0 Å². The quantitative estimate of drug-likeness (QED) is 0.306. The van der Waals surface area contributed by atoms with Crippen LogP contribution in [0.5, 0.6) is 0 Å². The standard InChI is InChI=1S/C24H38N4O2/c1-3-30-15-14-24(12-4-5-13-24)18-27-23(25-2)26-17-19-8-6-11-21(16-19)28-22(29)20-9-7-10-20/h6,8,11,16,20H,3-5,7,9-10,12-15,17-18H2,1-2H3,(H,28,29)(H2,25,26,27). The van der Waals surface area contributed by atoms with Crippen LogP contribution in [0.25, 0.3) is 0 Å². The summed E-state index contributed by atoms with van der Waals surface area (Å²) in [5.41, 5.74) is 2.31. The van der Waals surface area contributed by atoms with E-state index in [-0.39, 0.29) is 11.8 Å². The molecule has 30 heavy (non-hydrogen) atoms. The van der Waals surface area contributed by atoms with Gasteiger partial charge < -0.3 is 20.7 Å². The van der Waals surface area contributed by atoms with Crippen molar-refractivity contribution in [3.63, 3.8) is 0 Å². The molecule has 6 heteroatoms. The number of ether oxygens (including phenoxy) is 1. The first-order chi connectivity index (χ1) is 14.6. The summed E-state index contributed by atoms with van der Waals surface area (Å²) in [6, 6.07) is 8.05. The molecule has 0 aliphatic heterocycles. The molecule has 2 aliphatic carbocycles. The fourth-order valence-electron chi connectivity index (χ4n) is 4.42. The summed E-state index contributed by atoms with van der Waals surface area (Å²) >= 11 is 0. The van der Waals surface area contributed by atoms with E-state index in [9.17, 15) is 4.79 Å². The summed E-state index contributed by atoms with van der Waals surface area (Å²) in [5, 5.41) is 10.0. The summed E-state index contributed by atoms with van der Waals surface area (Å²) in [7, 11) is 1.81. The molecule has 2 fully saturated rings. The van der Waals surface area contributed by atoms with Gasteiger partial charge in [-0.3, -0.25) is 9.79 Å². The fourth-order valence-corrected chi connectivity index (χ4v) is 4.42. The van der Waals surface area contributed by atoms with E-state index >= 15 is 0 Å². The average molecular weight is 415 g/mol. The molecule has 1 aromatic carbocycles. The summed E-state index contributed by atoms with van der Waals surface area (Å²) in [6.45, 7) is 5.27. The van der Waals surface area contributed by atoms with Gasteiger partial charge in [0.1, 0.15) is 0 Å². The zero-order valence-corrected chi connectivity index (χ0v) is 18.6. The molecule has 0 saturated heterocycles. The number of nitrogens with zero attached hydrogens (tertiary/aromatic N) is 1. The topological polar surface area (TPSA) is 74.8 Å². The number of carbonyl (C=O) groups is 1. The lowest BCUT2D eigenvalue weighted by Gasteiger charge is -2.30. The highest BCUT2D eigenvalue weighted by molar-refractivity contribution is 5.93. The molecule has 0 bridgehead atoms. The monoisotopic (exact) mass is 414 g/mol. The molecule has 2 aliphatic rings. The first-order valence-corrected chi connectivity index (χ1v) is 11.6. The number of amides is 1. The van der Waals surface area contributed by atoms with Gasteiger partial charge in [-0.15, -0.1) is 0 Å². The van der Waals surface area contributed by atoms with Gasteiger partial charge in [0.05, 0.1) is 0 Å². The summed E-state index contributed by atoms with van der Waals surface area (Å²) in [6.07, 6.45) is 9.43. The third-order valence-corrected chi connectivity index (χ3v) is 6.63. The molecule has 0 unspecified atom stereocenters. The molecule has 1 amide bonds. The van der Waals surface area contributed by atoms with Crippen LogP contribution in [0.2, 0.25) is 0 Å². The Morgan fingerprint density at radius 2 is 2.00 bits per heavy atom. The number of aliphatic imine (C=N–C) groups is 1. The van der Waals surface area contributed by atoms with Crippen LogP contribution in [0.3, 0.4) is 0 Å². The van der Waals surface area contributed by atoms with Crippen LogP contribution in [0.15, 0.2) is 29.3 Å². The maximum atomic E-state index is 12.2. The minimum absolute atomic E-state index is 0.151. The van der Waals surface area contributed by atoms with Crippen LogP contribution in [-0.4, -0.2) is 38.7 Å². The van der Waals surface area contributed by atoms with Crippen molar-refractivity contribution >= 4 is 17.6 Å². The number of carbonyl (C=O) groups excluding carboxylic acids is 1. The second kappa shape index (κ2) is 11.3. The van der Waals surface area contributed by atoms with Gasteiger partial charge in [-0.2, -0.15) is 0 Å². The van der Waals surface area contributed by atoms with Crippen molar-refractivity contribution in [3.05, 3.63) is 29.8 Å². The SMILES string of the molecule is CCOCCC1(CNC(=NC)NCc2cccc(NC(=O)C3CCC3)c2)CCCC1. The van der Waals surface area contributed by atoms with Crippen molar-refractivity contribution in [2.45, 2.75) is 64.8 Å². The summed E-state index contributed by atoms with van der Waals surface area (Å²) < 4.78 is 5.62. The zero-order valence-electron chi connectivity index (χ0n) is 18.6. The van der Waals surface area contributed by atoms with E-state index in [1.807, 2.05) is 25.2 Å². The highest BCUT2D eigenvalue weighted by atomic mass is 16.5. The van der Waals surface area contributed by atoms with Crippen molar-refractivity contribution in [1.29, 1.82) is 0 Å². The predicted molar refractivity (Wildman–Crippen MR) is 123 cm³/mol. The molecule has 166 valence electrons. The van der Waals surface area contributed by atoms with Crippen LogP contribution >= 0.6 is 0 Å². The van der Waals surface area contributed by atoms with Gasteiger partial charge >= 0.3 is 0 Å². The lowest BCUT2D eigenvalue weighted by molar-refractivity contribution is -0.122. The normalized spacial score (nSPS) is 18.7. The van der Waals surface area contributed by atoms with Crippen molar-refractivity contribution < 1.29 is 9.53 Å². The van der Waals surface area contributed by atoms with Gasteiger partial charge in [0.15, 0.2) is 5.96 Å². The van der Waals surface area contributed by atoms with Crippen molar-refractivity contribution in [3.8, 4) is 0 Å². The Hall–Kier alpha value is -2.08. The molecule has 3 N–H and O–H groups in total. The zero-order chi connectivity index (χ0) is 21.2. The number of hydrogen-bond donors (Lipinski definition) is 3. The lowest BCUT2D eigenvalue weighted by atomic mass is 9.83. The Balaban J connectivity index is 1.47. The Morgan fingerprint density at radius 1 is 1.20 bits per heavy atom. The Morgan fingerprint density at radius 3 is 2.67 bits per heavy atom. The van der Waals surface area contributed by atoms with Gasteiger partial charge in [-0.25, -0.2) is 0 Å². The van der Waals surface area contributed by atoms with Crippen LogP contribution < -0.4 is 16.0 Å². The molecule has 3 rings (SSSR count). The van der Waals surface area contributed by atoms with Crippen LogP contribution in [-0.2, 0) is 16.1 Å². The van der Waals surface area contributed by atoms with Gasteiger partial charge in [0, 0.05) is 45.0 Å². The van der Waals surface area contributed by atoms with Gasteiger partial charge in [-0.1, -0.05) is 31.4 Å². The first-order valence-electron chi connectivity index (χ1n) is 11.6. The van der Waals surface area contributed by atoms with E-state index in [1.165, 1.54) is 32.1 Å².